The molecule has 4 nitrogen and oxygen atoms in total. The van der Waals surface area contributed by atoms with Crippen molar-refractivity contribution < 1.29 is 4.79 Å². The number of fused-ring (bicyclic) bond motifs is 1. The number of hydrogen-bond acceptors (Lipinski definition) is 5. The summed E-state index contributed by atoms with van der Waals surface area (Å²) in [6.45, 7) is 4.20. The normalized spacial score (nSPS) is 13.1. The van der Waals surface area contributed by atoms with Gasteiger partial charge >= 0.3 is 0 Å². The quantitative estimate of drug-likeness (QED) is 0.749. The highest BCUT2D eigenvalue weighted by Crippen LogP contribution is 2.32. The van der Waals surface area contributed by atoms with Crippen LogP contribution in [0.5, 0.6) is 0 Å². The number of carbonyl (C=O) groups is 1. The van der Waals surface area contributed by atoms with E-state index in [0.717, 1.165) is 35.1 Å². The largest absolute Gasteiger partial charge is 0.371 e. The van der Waals surface area contributed by atoms with Gasteiger partial charge in [0.15, 0.2) is 0 Å². The van der Waals surface area contributed by atoms with E-state index < -0.39 is 0 Å². The number of aromatic nitrogens is 1. The first-order valence-electron chi connectivity index (χ1n) is 7.93. The Morgan fingerprint density at radius 2 is 2.29 bits per heavy atom. The molecule has 0 saturated carbocycles. The third-order valence-corrected chi connectivity index (χ3v) is 6.21. The molecule has 0 spiro atoms. The SMILES string of the molecule is CCN1CCc2ccc(NC(=O)c3cnc(-c4cccs4)s3)cc21. The average molecular weight is 355 g/mol. The van der Waals surface area contributed by atoms with Gasteiger partial charge in [-0.2, -0.15) is 0 Å². The van der Waals surface area contributed by atoms with Gasteiger partial charge in [0.25, 0.3) is 5.91 Å². The fourth-order valence-corrected chi connectivity index (χ4v) is 4.55. The van der Waals surface area contributed by atoms with E-state index in [1.54, 1.807) is 17.5 Å². The summed E-state index contributed by atoms with van der Waals surface area (Å²) >= 11 is 3.06. The van der Waals surface area contributed by atoms with Crippen LogP contribution in [-0.4, -0.2) is 24.0 Å². The van der Waals surface area contributed by atoms with Crippen LogP contribution < -0.4 is 10.2 Å². The average Bonchev–Trinajstić information content (AvgIpc) is 3.33. The van der Waals surface area contributed by atoms with E-state index in [9.17, 15) is 4.79 Å². The summed E-state index contributed by atoms with van der Waals surface area (Å²) in [6.07, 6.45) is 2.73. The van der Waals surface area contributed by atoms with E-state index in [0.29, 0.717) is 4.88 Å². The summed E-state index contributed by atoms with van der Waals surface area (Å²) in [5, 5.41) is 5.90. The molecule has 1 aliphatic heterocycles. The second kappa shape index (κ2) is 6.37. The minimum Gasteiger partial charge on any atom is -0.371 e. The van der Waals surface area contributed by atoms with Gasteiger partial charge in [-0.1, -0.05) is 12.1 Å². The van der Waals surface area contributed by atoms with Gasteiger partial charge in [-0.3, -0.25) is 4.79 Å². The minimum atomic E-state index is -0.101. The molecule has 0 bridgehead atoms. The van der Waals surface area contributed by atoms with Crippen molar-refractivity contribution >= 4 is 40.0 Å². The Morgan fingerprint density at radius 3 is 3.08 bits per heavy atom. The Morgan fingerprint density at radius 1 is 1.38 bits per heavy atom. The Hall–Kier alpha value is -2.18. The number of hydrogen-bond donors (Lipinski definition) is 1. The van der Waals surface area contributed by atoms with E-state index in [-0.39, 0.29) is 5.91 Å². The molecule has 122 valence electrons. The second-order valence-corrected chi connectivity index (χ2v) is 7.61. The third kappa shape index (κ3) is 2.83. The lowest BCUT2D eigenvalue weighted by atomic mass is 10.1. The lowest BCUT2D eigenvalue weighted by Crippen LogP contribution is -2.19. The third-order valence-electron chi connectivity index (χ3n) is 4.18. The molecule has 2 aromatic heterocycles. The highest BCUT2D eigenvalue weighted by Gasteiger charge is 2.19. The zero-order valence-electron chi connectivity index (χ0n) is 13.3. The maximum Gasteiger partial charge on any atom is 0.267 e. The van der Waals surface area contributed by atoms with Crippen molar-refractivity contribution in [3.05, 3.63) is 52.3 Å². The van der Waals surface area contributed by atoms with Crippen LogP contribution in [0.25, 0.3) is 9.88 Å². The molecule has 0 saturated heterocycles. The van der Waals surface area contributed by atoms with Crippen LogP contribution in [0.3, 0.4) is 0 Å². The Bertz CT molecular complexity index is 870. The summed E-state index contributed by atoms with van der Waals surface area (Å²) in [7, 11) is 0. The molecular formula is C18H17N3OS2. The summed E-state index contributed by atoms with van der Waals surface area (Å²) < 4.78 is 0. The van der Waals surface area contributed by atoms with E-state index in [1.165, 1.54) is 22.6 Å². The number of amides is 1. The first kappa shape index (κ1) is 15.4. The van der Waals surface area contributed by atoms with Crippen molar-refractivity contribution in [2.45, 2.75) is 13.3 Å². The predicted molar refractivity (Wildman–Crippen MR) is 101 cm³/mol. The number of likely N-dealkylation sites (N-methyl/N-ethyl adjacent to an activating group) is 1. The van der Waals surface area contributed by atoms with Crippen molar-refractivity contribution in [1.82, 2.24) is 4.98 Å². The number of nitrogens with one attached hydrogen (secondary N) is 1. The molecule has 0 aliphatic carbocycles. The van der Waals surface area contributed by atoms with E-state index in [1.807, 2.05) is 23.6 Å². The zero-order chi connectivity index (χ0) is 16.5. The lowest BCUT2D eigenvalue weighted by molar-refractivity contribution is 0.103. The van der Waals surface area contributed by atoms with Crippen LogP contribution in [0.2, 0.25) is 0 Å². The molecule has 0 fully saturated rings. The van der Waals surface area contributed by atoms with Gasteiger partial charge in [-0.15, -0.1) is 22.7 Å². The number of anilines is 2. The number of carbonyl (C=O) groups excluding carboxylic acids is 1. The van der Waals surface area contributed by atoms with Crippen LogP contribution in [0.15, 0.2) is 41.9 Å². The van der Waals surface area contributed by atoms with Crippen molar-refractivity contribution in [1.29, 1.82) is 0 Å². The van der Waals surface area contributed by atoms with Gasteiger partial charge in [-0.25, -0.2) is 4.98 Å². The number of benzene rings is 1. The molecule has 4 rings (SSSR count). The van der Waals surface area contributed by atoms with Crippen molar-refractivity contribution in [2.75, 3.05) is 23.3 Å². The van der Waals surface area contributed by atoms with Gasteiger partial charge < -0.3 is 10.2 Å². The molecule has 1 amide bonds. The molecule has 0 atom stereocenters. The van der Waals surface area contributed by atoms with Gasteiger partial charge in [0, 0.05) is 24.5 Å². The van der Waals surface area contributed by atoms with E-state index in [4.69, 9.17) is 0 Å². The number of rotatable bonds is 4. The second-order valence-electron chi connectivity index (χ2n) is 5.63. The first-order valence-corrected chi connectivity index (χ1v) is 9.63. The predicted octanol–water partition coefficient (Wildman–Crippen LogP) is 4.51. The van der Waals surface area contributed by atoms with E-state index in [2.05, 4.69) is 34.3 Å². The minimum absolute atomic E-state index is 0.101. The maximum absolute atomic E-state index is 12.5. The molecule has 6 heteroatoms. The van der Waals surface area contributed by atoms with Crippen molar-refractivity contribution in [2.24, 2.45) is 0 Å². The molecular weight excluding hydrogens is 338 g/mol. The summed E-state index contributed by atoms with van der Waals surface area (Å²) in [5.41, 5.74) is 3.43. The molecule has 1 N–H and O–H groups in total. The van der Waals surface area contributed by atoms with Gasteiger partial charge in [0.2, 0.25) is 0 Å². The standard InChI is InChI=1S/C18H17N3OS2/c1-2-21-8-7-12-5-6-13(10-14(12)21)20-17(22)16-11-19-18(24-16)15-4-3-9-23-15/h3-6,9-11H,2,7-8H2,1H3,(H,20,22). The van der Waals surface area contributed by atoms with Gasteiger partial charge in [-0.05, 0) is 42.5 Å². The number of thiophene rings is 1. The van der Waals surface area contributed by atoms with Crippen LogP contribution in [0.1, 0.15) is 22.2 Å². The van der Waals surface area contributed by atoms with E-state index >= 15 is 0 Å². The number of thiazole rings is 1. The summed E-state index contributed by atoms with van der Waals surface area (Å²) in [6, 6.07) is 10.2. The van der Waals surface area contributed by atoms with Crippen LogP contribution in [0.4, 0.5) is 11.4 Å². The van der Waals surface area contributed by atoms with Gasteiger partial charge in [0.05, 0.1) is 11.1 Å². The zero-order valence-corrected chi connectivity index (χ0v) is 14.9. The molecule has 0 radical (unpaired) electrons. The highest BCUT2D eigenvalue weighted by atomic mass is 32.1. The Balaban J connectivity index is 1.53. The van der Waals surface area contributed by atoms with Crippen molar-refractivity contribution in [3.8, 4) is 9.88 Å². The van der Waals surface area contributed by atoms with Crippen LogP contribution >= 0.6 is 22.7 Å². The smallest absolute Gasteiger partial charge is 0.267 e. The molecule has 0 unspecified atom stereocenters. The summed E-state index contributed by atoms with van der Waals surface area (Å²) in [5.74, 6) is -0.101. The lowest BCUT2D eigenvalue weighted by Gasteiger charge is -2.17. The first-order chi connectivity index (χ1) is 11.7. The molecule has 1 aromatic carbocycles. The fourth-order valence-electron chi connectivity index (χ4n) is 2.94. The van der Waals surface area contributed by atoms with Crippen molar-refractivity contribution in [3.63, 3.8) is 0 Å². The topological polar surface area (TPSA) is 45.2 Å². The highest BCUT2D eigenvalue weighted by molar-refractivity contribution is 7.22. The monoisotopic (exact) mass is 355 g/mol. The molecule has 1 aliphatic rings. The molecule has 3 aromatic rings. The Labute approximate surface area is 148 Å². The maximum atomic E-state index is 12.5. The van der Waals surface area contributed by atoms with Gasteiger partial charge in [0.1, 0.15) is 9.88 Å². The van der Waals surface area contributed by atoms with Crippen LogP contribution in [-0.2, 0) is 6.42 Å². The number of nitrogens with zero attached hydrogens (tertiary/aromatic N) is 2. The summed E-state index contributed by atoms with van der Waals surface area (Å²) in [4.78, 5) is 20.9. The fraction of sp³-hybridized carbons (Fsp3) is 0.222. The molecule has 24 heavy (non-hydrogen) atoms. The Kier molecular flexibility index (Phi) is 4.08. The van der Waals surface area contributed by atoms with Crippen LogP contribution in [0, 0.1) is 0 Å². The molecule has 3 heterocycles.